The van der Waals surface area contributed by atoms with Gasteiger partial charge in [0, 0.05) is 31.6 Å². The molecule has 3 rings (SSSR count). The molecule has 8 heteroatoms. The van der Waals surface area contributed by atoms with E-state index >= 15 is 0 Å². The van der Waals surface area contributed by atoms with Crippen LogP contribution in [0.2, 0.25) is 0 Å². The van der Waals surface area contributed by atoms with Gasteiger partial charge in [0.2, 0.25) is 10.0 Å². The number of sulfonamides is 1. The SMILES string of the molecule is Cc1nc(CN2CC[C@@H]3OCCN(S(C)(=O)=O)[C@@H]3CC2)cs1. The van der Waals surface area contributed by atoms with Gasteiger partial charge in [-0.2, -0.15) is 4.31 Å². The van der Waals surface area contributed by atoms with Crippen molar-refractivity contribution in [3.63, 3.8) is 0 Å². The summed E-state index contributed by atoms with van der Waals surface area (Å²) in [6.07, 6.45) is 3.02. The van der Waals surface area contributed by atoms with E-state index in [0.717, 1.165) is 43.2 Å². The third-order valence-electron chi connectivity index (χ3n) is 4.39. The fourth-order valence-electron chi connectivity index (χ4n) is 3.38. The van der Waals surface area contributed by atoms with Crippen LogP contribution in [-0.4, -0.2) is 67.2 Å². The van der Waals surface area contributed by atoms with Crippen molar-refractivity contribution in [1.29, 1.82) is 0 Å². The largest absolute Gasteiger partial charge is 0.375 e. The summed E-state index contributed by atoms with van der Waals surface area (Å²) in [5.41, 5.74) is 1.10. The number of fused-ring (bicyclic) bond motifs is 1. The first-order chi connectivity index (χ1) is 10.4. The molecule has 0 unspecified atom stereocenters. The molecule has 0 N–H and O–H groups in total. The second-order valence-corrected chi connectivity index (χ2v) is 9.06. The molecule has 124 valence electrons. The Hall–Kier alpha value is -0.540. The van der Waals surface area contributed by atoms with Crippen LogP contribution in [0.4, 0.5) is 0 Å². The molecule has 0 amide bonds. The first-order valence-electron chi connectivity index (χ1n) is 7.65. The summed E-state index contributed by atoms with van der Waals surface area (Å²) >= 11 is 1.67. The molecule has 0 aliphatic carbocycles. The molecule has 1 aromatic heterocycles. The van der Waals surface area contributed by atoms with E-state index in [9.17, 15) is 8.42 Å². The molecule has 0 radical (unpaired) electrons. The Morgan fingerprint density at radius 3 is 2.82 bits per heavy atom. The van der Waals surface area contributed by atoms with Gasteiger partial charge < -0.3 is 4.74 Å². The molecule has 0 spiro atoms. The molecule has 2 aliphatic rings. The highest BCUT2D eigenvalue weighted by Gasteiger charge is 2.38. The molecule has 3 heterocycles. The van der Waals surface area contributed by atoms with Crippen LogP contribution in [0.25, 0.3) is 0 Å². The Balaban J connectivity index is 1.68. The molecule has 2 aliphatic heterocycles. The second-order valence-electron chi connectivity index (χ2n) is 6.06. The highest BCUT2D eigenvalue weighted by Crippen LogP contribution is 2.26. The maximum absolute atomic E-state index is 12.0. The summed E-state index contributed by atoms with van der Waals surface area (Å²) in [6, 6.07) is -0.0223. The summed E-state index contributed by atoms with van der Waals surface area (Å²) in [4.78, 5) is 6.88. The molecule has 0 aromatic carbocycles. The summed E-state index contributed by atoms with van der Waals surface area (Å²) in [5.74, 6) is 0. The zero-order valence-electron chi connectivity index (χ0n) is 13.1. The lowest BCUT2D eigenvalue weighted by atomic mass is 10.0. The Morgan fingerprint density at radius 2 is 2.14 bits per heavy atom. The lowest BCUT2D eigenvalue weighted by Gasteiger charge is -2.38. The van der Waals surface area contributed by atoms with E-state index < -0.39 is 10.0 Å². The van der Waals surface area contributed by atoms with E-state index in [0.29, 0.717) is 13.2 Å². The number of rotatable bonds is 3. The van der Waals surface area contributed by atoms with Crippen molar-refractivity contribution in [2.24, 2.45) is 0 Å². The first kappa shape index (κ1) is 16.3. The highest BCUT2D eigenvalue weighted by atomic mass is 32.2. The summed E-state index contributed by atoms with van der Waals surface area (Å²) < 4.78 is 31.4. The van der Waals surface area contributed by atoms with Crippen LogP contribution in [0.15, 0.2) is 5.38 Å². The maximum Gasteiger partial charge on any atom is 0.211 e. The van der Waals surface area contributed by atoms with Crippen LogP contribution in [0.5, 0.6) is 0 Å². The van der Waals surface area contributed by atoms with Gasteiger partial charge >= 0.3 is 0 Å². The van der Waals surface area contributed by atoms with E-state index in [1.165, 1.54) is 6.26 Å². The summed E-state index contributed by atoms with van der Waals surface area (Å²) in [7, 11) is -3.16. The van der Waals surface area contributed by atoms with Gasteiger partial charge in [0.05, 0.1) is 35.7 Å². The average molecular weight is 345 g/mol. The number of thiazole rings is 1. The minimum absolute atomic E-state index is 0.0191. The van der Waals surface area contributed by atoms with Gasteiger partial charge in [-0.05, 0) is 19.8 Å². The van der Waals surface area contributed by atoms with E-state index in [2.05, 4.69) is 15.3 Å². The van der Waals surface area contributed by atoms with Gasteiger partial charge in [-0.15, -0.1) is 11.3 Å². The number of morpholine rings is 1. The maximum atomic E-state index is 12.0. The van der Waals surface area contributed by atoms with Crippen molar-refractivity contribution in [2.75, 3.05) is 32.5 Å². The highest BCUT2D eigenvalue weighted by molar-refractivity contribution is 7.88. The van der Waals surface area contributed by atoms with Crippen LogP contribution in [0, 0.1) is 6.92 Å². The fraction of sp³-hybridized carbons (Fsp3) is 0.786. The standard InChI is InChI=1S/C14H23N3O3S2/c1-11-15-12(10-21-11)9-16-5-3-13-14(4-6-16)20-8-7-17(13)22(2,18)19/h10,13-14H,3-9H2,1-2H3/t13-,14+/m1/s1. The van der Waals surface area contributed by atoms with Gasteiger partial charge in [0.1, 0.15) is 0 Å². The summed E-state index contributed by atoms with van der Waals surface area (Å²) in [6.45, 7) is 5.64. The molecular formula is C14H23N3O3S2. The van der Waals surface area contributed by atoms with Gasteiger partial charge in [0.15, 0.2) is 0 Å². The zero-order valence-corrected chi connectivity index (χ0v) is 14.7. The Kier molecular flexibility index (Phi) is 4.84. The number of hydrogen-bond donors (Lipinski definition) is 0. The number of aryl methyl sites for hydroxylation is 1. The predicted molar refractivity (Wildman–Crippen MR) is 86.4 cm³/mol. The number of likely N-dealkylation sites (tertiary alicyclic amines) is 1. The molecule has 2 atom stereocenters. The molecule has 1 aromatic rings. The van der Waals surface area contributed by atoms with Crippen LogP contribution in [-0.2, 0) is 21.3 Å². The molecule has 0 bridgehead atoms. The van der Waals surface area contributed by atoms with E-state index in [1.807, 2.05) is 6.92 Å². The van der Waals surface area contributed by atoms with Crippen molar-refractivity contribution in [1.82, 2.24) is 14.2 Å². The van der Waals surface area contributed by atoms with Crippen LogP contribution in [0.1, 0.15) is 23.5 Å². The van der Waals surface area contributed by atoms with E-state index in [4.69, 9.17) is 4.74 Å². The molecule has 2 fully saturated rings. The molecule has 2 saturated heterocycles. The zero-order chi connectivity index (χ0) is 15.7. The topological polar surface area (TPSA) is 62.7 Å². The number of hydrogen-bond acceptors (Lipinski definition) is 6. The normalized spacial score (nSPS) is 28.3. The monoisotopic (exact) mass is 345 g/mol. The van der Waals surface area contributed by atoms with Crippen LogP contribution < -0.4 is 0 Å². The third-order valence-corrected chi connectivity index (χ3v) is 6.52. The molecule has 0 saturated carbocycles. The van der Waals surface area contributed by atoms with Crippen LogP contribution >= 0.6 is 11.3 Å². The van der Waals surface area contributed by atoms with Gasteiger partial charge in [-0.25, -0.2) is 13.4 Å². The van der Waals surface area contributed by atoms with E-state index in [-0.39, 0.29) is 12.1 Å². The fourth-order valence-corrected chi connectivity index (χ4v) is 5.12. The second kappa shape index (κ2) is 6.52. The number of ether oxygens (including phenoxy) is 1. The molecule has 22 heavy (non-hydrogen) atoms. The predicted octanol–water partition coefficient (Wildman–Crippen LogP) is 1.08. The first-order valence-corrected chi connectivity index (χ1v) is 10.4. The van der Waals surface area contributed by atoms with Crippen molar-refractivity contribution >= 4 is 21.4 Å². The lowest BCUT2D eigenvalue weighted by Crippen LogP contribution is -2.53. The Labute approximate surface area is 136 Å². The Bertz CT molecular complexity index is 617. The van der Waals surface area contributed by atoms with Crippen LogP contribution in [0.3, 0.4) is 0 Å². The Morgan fingerprint density at radius 1 is 1.36 bits per heavy atom. The summed E-state index contributed by atoms with van der Waals surface area (Å²) in [5, 5.41) is 3.19. The average Bonchev–Trinajstić information content (AvgIpc) is 2.74. The van der Waals surface area contributed by atoms with Crippen molar-refractivity contribution in [3.05, 3.63) is 16.1 Å². The van der Waals surface area contributed by atoms with Gasteiger partial charge in [0.25, 0.3) is 0 Å². The van der Waals surface area contributed by atoms with Crippen molar-refractivity contribution < 1.29 is 13.2 Å². The molecular weight excluding hydrogens is 322 g/mol. The number of nitrogens with zero attached hydrogens (tertiary/aromatic N) is 3. The molecule has 6 nitrogen and oxygen atoms in total. The van der Waals surface area contributed by atoms with Gasteiger partial charge in [-0.3, -0.25) is 4.90 Å². The van der Waals surface area contributed by atoms with Crippen molar-refractivity contribution in [2.45, 2.75) is 38.5 Å². The minimum atomic E-state index is -3.16. The lowest BCUT2D eigenvalue weighted by molar-refractivity contribution is -0.0407. The van der Waals surface area contributed by atoms with E-state index in [1.54, 1.807) is 15.6 Å². The van der Waals surface area contributed by atoms with Crippen molar-refractivity contribution in [3.8, 4) is 0 Å². The smallest absolute Gasteiger partial charge is 0.211 e. The quantitative estimate of drug-likeness (QED) is 0.820. The third kappa shape index (κ3) is 3.68. The minimum Gasteiger partial charge on any atom is -0.375 e. The number of aromatic nitrogens is 1. The van der Waals surface area contributed by atoms with Gasteiger partial charge in [-0.1, -0.05) is 0 Å².